The minimum Gasteiger partial charge on any atom is -0.477 e. The molecule has 2 N–H and O–H groups in total. The Bertz CT molecular complexity index is 986. The standard InChI is InChI=1S/C16H17N5O8S/c1-3-19-12(9(4-17-19)21(27)28)13(23)18-10-14(24)20-11(16(25)26)8(5-29-7(2)22)6-30-15(10)20/h4,10,15H,3,5-6H2,1-2H3,(H,18,23)(H,25,26)/t10-,15-/m1/s1. The first-order chi connectivity index (χ1) is 14.2. The van der Waals surface area contributed by atoms with E-state index in [1.165, 1.54) is 18.7 Å². The van der Waals surface area contributed by atoms with Crippen LogP contribution in [0, 0.1) is 10.1 Å². The van der Waals surface area contributed by atoms with Gasteiger partial charge in [0.2, 0.25) is 5.69 Å². The van der Waals surface area contributed by atoms with Gasteiger partial charge in [-0.05, 0) is 6.92 Å². The number of carbonyl (C=O) groups is 4. The highest BCUT2D eigenvalue weighted by Crippen LogP contribution is 2.40. The highest BCUT2D eigenvalue weighted by molar-refractivity contribution is 8.00. The molecule has 30 heavy (non-hydrogen) atoms. The lowest BCUT2D eigenvalue weighted by molar-refractivity contribution is -0.385. The second-order valence-corrected chi connectivity index (χ2v) is 7.45. The molecular weight excluding hydrogens is 422 g/mol. The minimum absolute atomic E-state index is 0.169. The van der Waals surface area contributed by atoms with Crippen molar-refractivity contribution in [3.63, 3.8) is 0 Å². The average Bonchev–Trinajstić information content (AvgIpc) is 3.13. The average molecular weight is 439 g/mol. The number of hydrogen-bond donors (Lipinski definition) is 2. The fourth-order valence-electron chi connectivity index (χ4n) is 3.18. The molecule has 0 saturated carbocycles. The number of esters is 1. The number of β-lactam (4-membered cyclic amide) rings is 1. The second-order valence-electron chi connectivity index (χ2n) is 6.35. The zero-order chi connectivity index (χ0) is 22.2. The smallest absolute Gasteiger partial charge is 0.352 e. The number of hydrogen-bond acceptors (Lipinski definition) is 9. The highest BCUT2D eigenvalue weighted by Gasteiger charge is 2.54. The number of thioether (sulfide) groups is 1. The molecule has 2 aliphatic heterocycles. The third-order valence-corrected chi connectivity index (χ3v) is 5.86. The van der Waals surface area contributed by atoms with E-state index in [4.69, 9.17) is 4.74 Å². The van der Waals surface area contributed by atoms with Crippen LogP contribution >= 0.6 is 11.8 Å². The normalized spacial score (nSPS) is 20.3. The molecule has 13 nitrogen and oxygen atoms in total. The van der Waals surface area contributed by atoms with Crippen LogP contribution in [0.5, 0.6) is 0 Å². The summed E-state index contributed by atoms with van der Waals surface area (Å²) in [5.74, 6) is -3.31. The number of aromatic nitrogens is 2. The summed E-state index contributed by atoms with van der Waals surface area (Å²) in [7, 11) is 0. The number of amides is 2. The number of fused-ring (bicyclic) bond motifs is 1. The lowest BCUT2D eigenvalue weighted by atomic mass is 10.0. The quantitative estimate of drug-likeness (QED) is 0.249. The van der Waals surface area contributed by atoms with Gasteiger partial charge in [0.05, 0.1) is 4.92 Å². The number of rotatable bonds is 7. The van der Waals surface area contributed by atoms with Crippen molar-refractivity contribution >= 4 is 41.2 Å². The van der Waals surface area contributed by atoms with Crippen LogP contribution in [0.2, 0.25) is 0 Å². The maximum Gasteiger partial charge on any atom is 0.352 e. The van der Waals surface area contributed by atoms with Crippen molar-refractivity contribution in [3.8, 4) is 0 Å². The van der Waals surface area contributed by atoms with E-state index >= 15 is 0 Å². The van der Waals surface area contributed by atoms with Gasteiger partial charge in [-0.15, -0.1) is 11.8 Å². The summed E-state index contributed by atoms with van der Waals surface area (Å²) in [6, 6.07) is -1.06. The van der Waals surface area contributed by atoms with Gasteiger partial charge in [-0.25, -0.2) is 4.79 Å². The number of carboxylic acid groups (broad SMARTS) is 1. The fourth-order valence-corrected chi connectivity index (χ4v) is 4.50. The molecule has 3 rings (SSSR count). The van der Waals surface area contributed by atoms with Crippen LogP contribution in [0.1, 0.15) is 24.3 Å². The van der Waals surface area contributed by atoms with E-state index < -0.39 is 45.8 Å². The third-order valence-electron chi connectivity index (χ3n) is 4.52. The summed E-state index contributed by atoms with van der Waals surface area (Å²) in [5.41, 5.74) is -0.819. The number of aliphatic carboxylic acids is 1. The van der Waals surface area contributed by atoms with Gasteiger partial charge < -0.3 is 15.2 Å². The molecule has 1 aromatic rings. The van der Waals surface area contributed by atoms with E-state index in [9.17, 15) is 34.4 Å². The van der Waals surface area contributed by atoms with Crippen LogP contribution in [-0.4, -0.2) is 72.2 Å². The van der Waals surface area contributed by atoms with Gasteiger partial charge in [-0.3, -0.25) is 34.1 Å². The molecule has 0 bridgehead atoms. The number of carbonyl (C=O) groups excluding carboxylic acids is 3. The van der Waals surface area contributed by atoms with E-state index in [1.54, 1.807) is 6.92 Å². The molecule has 0 unspecified atom stereocenters. The Morgan fingerprint density at radius 2 is 2.17 bits per heavy atom. The van der Waals surface area contributed by atoms with Gasteiger partial charge in [0, 0.05) is 24.8 Å². The predicted molar refractivity (Wildman–Crippen MR) is 100 cm³/mol. The Hall–Kier alpha value is -3.42. The number of carboxylic acids is 1. The third kappa shape index (κ3) is 3.60. The highest BCUT2D eigenvalue weighted by atomic mass is 32.2. The molecule has 2 atom stereocenters. The topological polar surface area (TPSA) is 174 Å². The zero-order valence-corrected chi connectivity index (χ0v) is 16.7. The van der Waals surface area contributed by atoms with Crippen molar-refractivity contribution in [2.45, 2.75) is 31.8 Å². The van der Waals surface area contributed by atoms with E-state index in [0.717, 1.165) is 15.8 Å². The molecule has 2 amide bonds. The molecule has 160 valence electrons. The van der Waals surface area contributed by atoms with E-state index in [2.05, 4.69) is 10.4 Å². The van der Waals surface area contributed by atoms with Crippen molar-refractivity contribution in [2.24, 2.45) is 0 Å². The molecule has 2 aliphatic rings. The van der Waals surface area contributed by atoms with Crippen molar-refractivity contribution in [3.05, 3.63) is 33.3 Å². The van der Waals surface area contributed by atoms with Gasteiger partial charge in [0.25, 0.3) is 11.8 Å². The molecule has 1 fully saturated rings. The van der Waals surface area contributed by atoms with Crippen molar-refractivity contribution < 1.29 is 33.9 Å². The molecule has 0 spiro atoms. The van der Waals surface area contributed by atoms with Gasteiger partial charge >= 0.3 is 17.6 Å². The Balaban J connectivity index is 1.81. The molecule has 0 radical (unpaired) electrons. The SMILES string of the molecule is CCn1ncc([N+](=O)[O-])c1C(=O)N[C@@H]1C(=O)N2C(C(=O)O)=C(COC(C)=O)CS[C@H]12. The van der Waals surface area contributed by atoms with Crippen molar-refractivity contribution in [1.29, 1.82) is 0 Å². The Morgan fingerprint density at radius 1 is 1.47 bits per heavy atom. The maximum atomic E-state index is 12.6. The first kappa shape index (κ1) is 21.3. The van der Waals surface area contributed by atoms with Crippen molar-refractivity contribution in [2.75, 3.05) is 12.4 Å². The first-order valence-electron chi connectivity index (χ1n) is 8.71. The fraction of sp³-hybridized carbons (Fsp3) is 0.438. The van der Waals surface area contributed by atoms with Gasteiger partial charge in [-0.1, -0.05) is 0 Å². The van der Waals surface area contributed by atoms with Gasteiger partial charge in [0.15, 0.2) is 0 Å². The number of aryl methyl sites for hydroxylation is 1. The summed E-state index contributed by atoms with van der Waals surface area (Å²) >= 11 is 1.19. The Labute approximate surface area is 173 Å². The number of ether oxygens (including phenoxy) is 1. The number of nitrogens with one attached hydrogen (secondary N) is 1. The number of nitro groups is 1. The maximum absolute atomic E-state index is 12.6. The van der Waals surface area contributed by atoms with E-state index in [-0.39, 0.29) is 35.9 Å². The molecule has 14 heteroatoms. The molecule has 1 saturated heterocycles. The van der Waals surface area contributed by atoms with Gasteiger partial charge in [0.1, 0.15) is 29.9 Å². The predicted octanol–water partition coefficient (Wildman–Crippen LogP) is -0.273. The van der Waals surface area contributed by atoms with Crippen LogP contribution < -0.4 is 5.32 Å². The zero-order valence-electron chi connectivity index (χ0n) is 15.9. The summed E-state index contributed by atoms with van der Waals surface area (Å²) in [5, 5.41) is 26.2. The largest absolute Gasteiger partial charge is 0.477 e. The molecular formula is C16H17N5O8S. The minimum atomic E-state index is -1.36. The van der Waals surface area contributed by atoms with Gasteiger partial charge in [-0.2, -0.15) is 5.10 Å². The summed E-state index contributed by atoms with van der Waals surface area (Å²) in [6.07, 6.45) is 0.954. The number of nitrogens with zero attached hydrogens (tertiary/aromatic N) is 4. The van der Waals surface area contributed by atoms with Crippen LogP contribution in [0.25, 0.3) is 0 Å². The van der Waals surface area contributed by atoms with E-state index in [1.807, 2.05) is 0 Å². The molecule has 0 aromatic carbocycles. The lowest BCUT2D eigenvalue weighted by Gasteiger charge is -2.49. The van der Waals surface area contributed by atoms with Crippen LogP contribution in [-0.2, 0) is 25.7 Å². The van der Waals surface area contributed by atoms with Crippen LogP contribution in [0.4, 0.5) is 5.69 Å². The van der Waals surface area contributed by atoms with Crippen molar-refractivity contribution in [1.82, 2.24) is 20.0 Å². The van der Waals surface area contributed by atoms with Crippen LogP contribution in [0.15, 0.2) is 17.5 Å². The summed E-state index contributed by atoms with van der Waals surface area (Å²) in [6.45, 7) is 2.76. The Morgan fingerprint density at radius 3 is 2.73 bits per heavy atom. The molecule has 0 aliphatic carbocycles. The first-order valence-corrected chi connectivity index (χ1v) is 9.76. The molecule has 3 heterocycles. The van der Waals surface area contributed by atoms with E-state index in [0.29, 0.717) is 0 Å². The summed E-state index contributed by atoms with van der Waals surface area (Å²) < 4.78 is 5.99. The molecule has 1 aromatic heterocycles. The van der Waals surface area contributed by atoms with Crippen LogP contribution in [0.3, 0.4) is 0 Å². The Kier molecular flexibility index (Phi) is 5.78. The summed E-state index contributed by atoms with van der Waals surface area (Å²) in [4.78, 5) is 59.4. The monoisotopic (exact) mass is 439 g/mol. The second kappa shape index (κ2) is 8.14. The lowest BCUT2D eigenvalue weighted by Crippen LogP contribution is -2.70.